The Balaban J connectivity index is 1.65. The van der Waals surface area contributed by atoms with Crippen LogP contribution in [0.3, 0.4) is 0 Å². The van der Waals surface area contributed by atoms with Crippen LogP contribution in [0.25, 0.3) is 11.4 Å². The van der Waals surface area contributed by atoms with Crippen LogP contribution in [0.4, 0.5) is 5.69 Å². The first-order chi connectivity index (χ1) is 13.2. The summed E-state index contributed by atoms with van der Waals surface area (Å²) in [5, 5.41) is 16.5. The Morgan fingerprint density at radius 1 is 1.22 bits per heavy atom. The fourth-order valence-corrected chi connectivity index (χ4v) is 3.07. The molecule has 8 heteroatoms. The average molecular weight is 379 g/mol. The molecule has 2 aromatic carbocycles. The number of aromatic nitrogens is 3. The van der Waals surface area contributed by atoms with Crippen molar-refractivity contribution in [2.24, 2.45) is 0 Å². The SMILES string of the molecule is COc1ccc(-c2nc(SCC(=O)N(CC#N)c3ccccc3)n[nH]2)cc1. The first-order valence-electron chi connectivity index (χ1n) is 8.13. The second-order valence-corrected chi connectivity index (χ2v) is 6.40. The lowest BCUT2D eigenvalue weighted by Gasteiger charge is -2.19. The number of methoxy groups -OCH3 is 1. The molecule has 0 spiro atoms. The minimum atomic E-state index is -0.177. The van der Waals surface area contributed by atoms with Gasteiger partial charge in [0.15, 0.2) is 5.82 Å². The number of benzene rings is 2. The molecule has 0 aliphatic heterocycles. The van der Waals surface area contributed by atoms with Gasteiger partial charge in [-0.05, 0) is 36.4 Å². The van der Waals surface area contributed by atoms with Gasteiger partial charge < -0.3 is 4.74 Å². The number of ether oxygens (including phenoxy) is 1. The van der Waals surface area contributed by atoms with E-state index in [9.17, 15) is 4.79 Å². The van der Waals surface area contributed by atoms with Crippen molar-refractivity contribution in [1.29, 1.82) is 5.26 Å². The maximum atomic E-state index is 12.5. The van der Waals surface area contributed by atoms with Crippen LogP contribution in [0.5, 0.6) is 5.75 Å². The molecular weight excluding hydrogens is 362 g/mol. The number of carbonyl (C=O) groups is 1. The largest absolute Gasteiger partial charge is 0.497 e. The highest BCUT2D eigenvalue weighted by Crippen LogP contribution is 2.22. The molecule has 136 valence electrons. The highest BCUT2D eigenvalue weighted by atomic mass is 32.2. The van der Waals surface area contributed by atoms with Gasteiger partial charge in [0.2, 0.25) is 11.1 Å². The van der Waals surface area contributed by atoms with Crippen molar-refractivity contribution in [3.63, 3.8) is 0 Å². The molecular formula is C19H17N5O2S. The van der Waals surface area contributed by atoms with E-state index in [0.717, 1.165) is 11.3 Å². The van der Waals surface area contributed by atoms with E-state index in [1.54, 1.807) is 19.2 Å². The first-order valence-corrected chi connectivity index (χ1v) is 9.12. The smallest absolute Gasteiger partial charge is 0.238 e. The first kappa shape index (κ1) is 18.5. The van der Waals surface area contributed by atoms with E-state index in [1.807, 2.05) is 48.5 Å². The number of nitriles is 1. The molecule has 0 aliphatic carbocycles. The predicted molar refractivity (Wildman–Crippen MR) is 104 cm³/mol. The van der Waals surface area contributed by atoms with E-state index in [4.69, 9.17) is 10.00 Å². The third-order valence-corrected chi connectivity index (χ3v) is 4.58. The summed E-state index contributed by atoms with van der Waals surface area (Å²) in [4.78, 5) is 18.4. The van der Waals surface area contributed by atoms with Crippen LogP contribution >= 0.6 is 11.8 Å². The molecule has 0 saturated carbocycles. The number of hydrogen-bond donors (Lipinski definition) is 1. The molecule has 1 heterocycles. The second-order valence-electron chi connectivity index (χ2n) is 5.46. The maximum Gasteiger partial charge on any atom is 0.238 e. The monoisotopic (exact) mass is 379 g/mol. The summed E-state index contributed by atoms with van der Waals surface area (Å²) in [6.07, 6.45) is 0. The zero-order valence-corrected chi connectivity index (χ0v) is 15.4. The molecule has 0 fully saturated rings. The average Bonchev–Trinajstić information content (AvgIpc) is 3.20. The zero-order valence-electron chi connectivity index (χ0n) is 14.6. The molecule has 1 N–H and O–H groups in total. The van der Waals surface area contributed by atoms with Crippen molar-refractivity contribution in [3.05, 3.63) is 54.6 Å². The van der Waals surface area contributed by atoms with Gasteiger partial charge in [0, 0.05) is 11.3 Å². The molecule has 3 rings (SSSR count). The Hall–Kier alpha value is -3.31. The Bertz CT molecular complexity index is 935. The van der Waals surface area contributed by atoms with Gasteiger partial charge in [0.25, 0.3) is 0 Å². The van der Waals surface area contributed by atoms with Gasteiger partial charge in [-0.1, -0.05) is 30.0 Å². The third-order valence-electron chi connectivity index (χ3n) is 3.75. The van der Waals surface area contributed by atoms with Crippen molar-refractivity contribution in [2.75, 3.05) is 24.3 Å². The lowest BCUT2D eigenvalue weighted by Crippen LogP contribution is -2.32. The van der Waals surface area contributed by atoms with Gasteiger partial charge in [-0.3, -0.25) is 14.8 Å². The summed E-state index contributed by atoms with van der Waals surface area (Å²) < 4.78 is 5.14. The summed E-state index contributed by atoms with van der Waals surface area (Å²) in [5.74, 6) is 1.33. The standard InChI is InChI=1S/C19H17N5O2S/c1-26-16-9-7-14(8-10-16)18-21-19(23-22-18)27-13-17(25)24(12-11-20)15-5-3-2-4-6-15/h2-10H,12-13H2,1H3,(H,21,22,23). The molecule has 0 radical (unpaired) electrons. The lowest BCUT2D eigenvalue weighted by atomic mass is 10.2. The number of nitrogens with zero attached hydrogens (tertiary/aromatic N) is 4. The molecule has 0 unspecified atom stereocenters. The Labute approximate surface area is 161 Å². The number of anilines is 1. The molecule has 1 amide bonds. The van der Waals surface area contributed by atoms with E-state index in [-0.39, 0.29) is 18.2 Å². The van der Waals surface area contributed by atoms with Crippen LogP contribution in [0.1, 0.15) is 0 Å². The number of aromatic amines is 1. The van der Waals surface area contributed by atoms with Gasteiger partial charge in [-0.25, -0.2) is 4.98 Å². The fraction of sp³-hybridized carbons (Fsp3) is 0.158. The van der Waals surface area contributed by atoms with Crippen molar-refractivity contribution < 1.29 is 9.53 Å². The molecule has 7 nitrogen and oxygen atoms in total. The van der Waals surface area contributed by atoms with Crippen LogP contribution in [-0.2, 0) is 4.79 Å². The fourth-order valence-electron chi connectivity index (χ4n) is 2.40. The highest BCUT2D eigenvalue weighted by molar-refractivity contribution is 7.99. The highest BCUT2D eigenvalue weighted by Gasteiger charge is 2.17. The quantitative estimate of drug-likeness (QED) is 0.501. The van der Waals surface area contributed by atoms with Gasteiger partial charge >= 0.3 is 0 Å². The van der Waals surface area contributed by atoms with E-state index in [1.165, 1.54) is 16.7 Å². The minimum Gasteiger partial charge on any atom is -0.497 e. The van der Waals surface area contributed by atoms with Gasteiger partial charge in [0.1, 0.15) is 12.3 Å². The van der Waals surface area contributed by atoms with Crippen molar-refractivity contribution in [1.82, 2.24) is 15.2 Å². The number of carbonyl (C=O) groups excluding carboxylic acids is 1. The van der Waals surface area contributed by atoms with Crippen molar-refractivity contribution >= 4 is 23.4 Å². The number of H-pyrrole nitrogens is 1. The number of thioether (sulfide) groups is 1. The van der Waals surface area contributed by atoms with Crippen LogP contribution in [0.15, 0.2) is 59.8 Å². The summed E-state index contributed by atoms with van der Waals surface area (Å²) in [5.41, 5.74) is 1.57. The molecule has 0 atom stereocenters. The number of amides is 1. The molecule has 0 aliphatic rings. The minimum absolute atomic E-state index is 0.00546. The maximum absolute atomic E-state index is 12.5. The van der Waals surface area contributed by atoms with Crippen LogP contribution in [0.2, 0.25) is 0 Å². The van der Waals surface area contributed by atoms with Gasteiger partial charge in [-0.2, -0.15) is 5.26 Å². The van der Waals surface area contributed by atoms with Crippen molar-refractivity contribution in [2.45, 2.75) is 5.16 Å². The van der Waals surface area contributed by atoms with Crippen LogP contribution < -0.4 is 9.64 Å². The summed E-state index contributed by atoms with van der Waals surface area (Å²) in [6, 6.07) is 18.6. The Morgan fingerprint density at radius 2 is 1.96 bits per heavy atom. The van der Waals surface area contributed by atoms with Gasteiger partial charge in [0.05, 0.1) is 18.9 Å². The number of hydrogen-bond acceptors (Lipinski definition) is 6. The summed E-state index contributed by atoms with van der Waals surface area (Å²) in [7, 11) is 1.61. The molecule has 27 heavy (non-hydrogen) atoms. The zero-order chi connectivity index (χ0) is 19.1. The normalized spacial score (nSPS) is 10.2. The van der Waals surface area contributed by atoms with E-state index < -0.39 is 0 Å². The number of rotatable bonds is 7. The van der Waals surface area contributed by atoms with Gasteiger partial charge in [-0.15, -0.1) is 5.10 Å². The predicted octanol–water partition coefficient (Wildman–Crippen LogP) is 3.13. The third kappa shape index (κ3) is 4.65. The number of nitrogens with one attached hydrogen (secondary N) is 1. The molecule has 1 aromatic heterocycles. The summed E-state index contributed by atoms with van der Waals surface area (Å²) in [6.45, 7) is -0.00546. The molecule has 0 bridgehead atoms. The topological polar surface area (TPSA) is 94.9 Å². The second kappa shape index (κ2) is 8.87. The van der Waals surface area contributed by atoms with Crippen LogP contribution in [0, 0.1) is 11.3 Å². The van der Waals surface area contributed by atoms with E-state index >= 15 is 0 Å². The van der Waals surface area contributed by atoms with Crippen molar-refractivity contribution in [3.8, 4) is 23.2 Å². The Kier molecular flexibility index (Phi) is 6.07. The summed E-state index contributed by atoms with van der Waals surface area (Å²) >= 11 is 1.22. The van der Waals surface area contributed by atoms with E-state index in [2.05, 4.69) is 15.2 Å². The molecule has 0 saturated heterocycles. The van der Waals surface area contributed by atoms with Crippen LogP contribution in [-0.4, -0.2) is 40.5 Å². The lowest BCUT2D eigenvalue weighted by molar-refractivity contribution is -0.116. The number of para-hydroxylation sites is 1. The Morgan fingerprint density at radius 3 is 2.63 bits per heavy atom. The molecule has 3 aromatic rings. The van der Waals surface area contributed by atoms with E-state index in [0.29, 0.717) is 16.7 Å².